The highest BCUT2D eigenvalue weighted by Crippen LogP contribution is 2.30. The second-order valence-corrected chi connectivity index (χ2v) is 9.43. The highest BCUT2D eigenvalue weighted by molar-refractivity contribution is 7.17. The van der Waals surface area contributed by atoms with Gasteiger partial charge in [-0.2, -0.15) is 0 Å². The third kappa shape index (κ3) is 4.41. The molecule has 3 heterocycles. The topological polar surface area (TPSA) is 78.7 Å². The zero-order chi connectivity index (χ0) is 23.7. The van der Waals surface area contributed by atoms with E-state index in [1.54, 1.807) is 23.0 Å². The lowest BCUT2D eigenvalue weighted by Crippen LogP contribution is -2.49. The van der Waals surface area contributed by atoms with Crippen molar-refractivity contribution in [3.63, 3.8) is 0 Å². The molecule has 0 atom stereocenters. The molecule has 1 aliphatic heterocycles. The van der Waals surface area contributed by atoms with Crippen molar-refractivity contribution in [3.8, 4) is 16.9 Å². The largest absolute Gasteiger partial charge is 0.508 e. The normalized spacial score (nSPS) is 14.0. The molecule has 8 heteroatoms. The first-order valence-electron chi connectivity index (χ1n) is 11.3. The molecule has 0 unspecified atom stereocenters. The number of hydrogen-bond acceptors (Lipinski definition) is 6. The van der Waals surface area contributed by atoms with E-state index in [1.165, 1.54) is 16.9 Å². The van der Waals surface area contributed by atoms with Gasteiger partial charge in [-0.15, -0.1) is 11.3 Å². The maximum atomic E-state index is 13.2. The van der Waals surface area contributed by atoms with E-state index >= 15 is 0 Å². The lowest BCUT2D eigenvalue weighted by Gasteiger charge is -2.36. The van der Waals surface area contributed by atoms with Crippen LogP contribution in [0.3, 0.4) is 0 Å². The Bertz CT molecular complexity index is 1390. The number of rotatable bonds is 5. The van der Waals surface area contributed by atoms with Gasteiger partial charge in [-0.1, -0.05) is 35.9 Å². The molecule has 1 aliphatic rings. The van der Waals surface area contributed by atoms with Crippen LogP contribution in [-0.4, -0.2) is 51.6 Å². The predicted molar refractivity (Wildman–Crippen MR) is 136 cm³/mol. The average Bonchev–Trinajstić information content (AvgIpc) is 3.29. The van der Waals surface area contributed by atoms with E-state index in [4.69, 9.17) is 0 Å². The van der Waals surface area contributed by atoms with Crippen LogP contribution >= 0.6 is 11.3 Å². The van der Waals surface area contributed by atoms with Gasteiger partial charge in [0.15, 0.2) is 0 Å². The molecule has 0 saturated carbocycles. The second-order valence-electron chi connectivity index (χ2n) is 8.58. The molecule has 1 fully saturated rings. The average molecular weight is 475 g/mol. The molecular weight excluding hydrogens is 448 g/mol. The van der Waals surface area contributed by atoms with Crippen LogP contribution in [0, 0.1) is 6.92 Å². The maximum absolute atomic E-state index is 13.2. The lowest BCUT2D eigenvalue weighted by molar-refractivity contribution is -0.131. The Morgan fingerprint density at radius 3 is 2.59 bits per heavy atom. The van der Waals surface area contributed by atoms with E-state index < -0.39 is 0 Å². The third-order valence-corrected chi connectivity index (χ3v) is 7.20. The Kier molecular flexibility index (Phi) is 6.06. The number of anilines is 1. The highest BCUT2D eigenvalue weighted by Gasteiger charge is 2.22. The summed E-state index contributed by atoms with van der Waals surface area (Å²) in [7, 11) is 0. The van der Waals surface area contributed by atoms with E-state index in [0.717, 1.165) is 16.8 Å². The van der Waals surface area contributed by atoms with Crippen molar-refractivity contribution >= 4 is 33.1 Å². The van der Waals surface area contributed by atoms with E-state index in [9.17, 15) is 14.7 Å². The van der Waals surface area contributed by atoms with E-state index in [2.05, 4.69) is 9.88 Å². The number of fused-ring (bicyclic) bond motifs is 1. The van der Waals surface area contributed by atoms with Crippen LogP contribution in [0.1, 0.15) is 12.0 Å². The molecule has 34 heavy (non-hydrogen) atoms. The van der Waals surface area contributed by atoms with Gasteiger partial charge in [-0.25, -0.2) is 4.98 Å². The Balaban J connectivity index is 1.26. The van der Waals surface area contributed by atoms with Gasteiger partial charge in [-0.05, 0) is 24.6 Å². The van der Waals surface area contributed by atoms with Crippen LogP contribution in [0.5, 0.6) is 5.75 Å². The van der Waals surface area contributed by atoms with Gasteiger partial charge in [0.1, 0.15) is 10.6 Å². The van der Waals surface area contributed by atoms with Gasteiger partial charge >= 0.3 is 0 Å². The molecule has 0 radical (unpaired) electrons. The number of aromatic hydroxyl groups is 1. The molecule has 2 aromatic heterocycles. The Labute approximate surface area is 201 Å². The Morgan fingerprint density at radius 2 is 1.85 bits per heavy atom. The molecule has 7 nitrogen and oxygen atoms in total. The second kappa shape index (κ2) is 9.30. The van der Waals surface area contributed by atoms with Gasteiger partial charge in [0.25, 0.3) is 5.56 Å². The van der Waals surface area contributed by atoms with Crippen molar-refractivity contribution < 1.29 is 9.90 Å². The molecule has 1 N–H and O–H groups in total. The molecule has 1 saturated heterocycles. The Hall–Kier alpha value is -3.65. The number of aryl methyl sites for hydroxylation is 2. The van der Waals surface area contributed by atoms with E-state index in [-0.39, 0.29) is 23.6 Å². The summed E-state index contributed by atoms with van der Waals surface area (Å²) < 4.78 is 1.55. The van der Waals surface area contributed by atoms with E-state index in [0.29, 0.717) is 42.9 Å². The van der Waals surface area contributed by atoms with Gasteiger partial charge in [0.05, 0.1) is 11.7 Å². The van der Waals surface area contributed by atoms with Gasteiger partial charge in [0, 0.05) is 61.8 Å². The predicted octanol–water partition coefficient (Wildman–Crippen LogP) is 3.88. The highest BCUT2D eigenvalue weighted by atomic mass is 32.1. The summed E-state index contributed by atoms with van der Waals surface area (Å²) in [5.74, 6) is 0.273. The zero-order valence-electron chi connectivity index (χ0n) is 19.0. The van der Waals surface area contributed by atoms with Crippen molar-refractivity contribution in [2.45, 2.75) is 19.9 Å². The maximum Gasteiger partial charge on any atom is 0.262 e. The number of phenolic OH excluding ortho intramolecular Hbond substituents is 1. The van der Waals surface area contributed by atoms with Crippen LogP contribution in [-0.2, 0) is 11.3 Å². The van der Waals surface area contributed by atoms with Crippen LogP contribution in [0.25, 0.3) is 21.3 Å². The lowest BCUT2D eigenvalue weighted by atomic mass is 10.1. The SMILES string of the molecule is Cc1ccc(-c2csc3ncn(CCC(=O)N4CCN(c5cccc(O)c5)CC4)c(=O)c23)cc1. The number of carbonyl (C=O) groups excluding carboxylic acids is 1. The molecule has 0 aliphatic carbocycles. The minimum Gasteiger partial charge on any atom is -0.508 e. The molecule has 0 spiro atoms. The molecule has 1 amide bonds. The number of amides is 1. The van der Waals surface area contributed by atoms with Gasteiger partial charge in [0.2, 0.25) is 5.91 Å². The number of carbonyl (C=O) groups is 1. The van der Waals surface area contributed by atoms with Crippen LogP contribution in [0.4, 0.5) is 5.69 Å². The zero-order valence-corrected chi connectivity index (χ0v) is 19.8. The fourth-order valence-corrected chi connectivity index (χ4v) is 5.26. The first kappa shape index (κ1) is 22.2. The monoisotopic (exact) mass is 474 g/mol. The van der Waals surface area contributed by atoms with Crippen LogP contribution in [0.15, 0.2) is 65.0 Å². The summed E-state index contributed by atoms with van der Waals surface area (Å²) in [4.78, 5) is 35.3. The fourth-order valence-electron chi connectivity index (χ4n) is 4.35. The van der Waals surface area contributed by atoms with Crippen molar-refractivity contribution in [1.29, 1.82) is 0 Å². The molecular formula is C26H26N4O3S. The van der Waals surface area contributed by atoms with Crippen molar-refractivity contribution in [3.05, 3.63) is 76.2 Å². The van der Waals surface area contributed by atoms with Crippen molar-refractivity contribution in [2.75, 3.05) is 31.1 Å². The molecule has 5 rings (SSSR count). The number of phenols is 1. The number of hydrogen-bond donors (Lipinski definition) is 1. The number of piperazine rings is 1. The van der Waals surface area contributed by atoms with Crippen molar-refractivity contribution in [2.24, 2.45) is 0 Å². The number of nitrogens with zero attached hydrogens (tertiary/aromatic N) is 4. The minimum absolute atomic E-state index is 0.0339. The molecule has 2 aromatic carbocycles. The first-order chi connectivity index (χ1) is 16.5. The quantitative estimate of drug-likeness (QED) is 0.475. The van der Waals surface area contributed by atoms with Gasteiger partial charge in [-0.3, -0.25) is 14.2 Å². The fraction of sp³-hybridized carbons (Fsp3) is 0.269. The van der Waals surface area contributed by atoms with Crippen LogP contribution in [0.2, 0.25) is 0 Å². The standard InChI is InChI=1S/C26H26N4O3S/c1-18-5-7-19(8-6-18)22-16-34-25-24(22)26(33)30(17-27-25)10-9-23(32)29-13-11-28(12-14-29)20-3-2-4-21(31)15-20/h2-8,15-17,31H,9-14H2,1H3. The number of benzene rings is 2. The van der Waals surface area contributed by atoms with E-state index in [1.807, 2.05) is 53.6 Å². The molecule has 0 bridgehead atoms. The summed E-state index contributed by atoms with van der Waals surface area (Å²) in [6.07, 6.45) is 1.80. The number of thiophene rings is 1. The smallest absolute Gasteiger partial charge is 0.262 e. The molecule has 4 aromatic rings. The summed E-state index contributed by atoms with van der Waals surface area (Å²) in [6, 6.07) is 15.3. The first-order valence-corrected chi connectivity index (χ1v) is 12.2. The van der Waals surface area contributed by atoms with Gasteiger partial charge < -0.3 is 14.9 Å². The Morgan fingerprint density at radius 1 is 1.09 bits per heavy atom. The summed E-state index contributed by atoms with van der Waals surface area (Å²) in [5.41, 5.74) is 3.90. The third-order valence-electron chi connectivity index (χ3n) is 6.32. The van der Waals surface area contributed by atoms with Crippen molar-refractivity contribution in [1.82, 2.24) is 14.5 Å². The summed E-state index contributed by atoms with van der Waals surface area (Å²) >= 11 is 1.46. The summed E-state index contributed by atoms with van der Waals surface area (Å²) in [5, 5.41) is 12.3. The number of aromatic nitrogens is 2. The van der Waals surface area contributed by atoms with Crippen LogP contribution < -0.4 is 10.5 Å². The minimum atomic E-state index is -0.108. The molecule has 174 valence electrons. The summed E-state index contributed by atoms with van der Waals surface area (Å²) in [6.45, 7) is 4.98.